The first kappa shape index (κ1) is 41.0. The molecule has 0 aliphatic carbocycles. The van der Waals surface area contributed by atoms with Crippen LogP contribution in [-0.2, 0) is 12.8 Å². The number of ether oxygens (including phenoxy) is 2. The van der Waals surface area contributed by atoms with Crippen molar-refractivity contribution in [1.29, 1.82) is 0 Å². The molecule has 8 aromatic rings. The van der Waals surface area contributed by atoms with E-state index in [1.54, 1.807) is 0 Å². The third-order valence-electron chi connectivity index (χ3n) is 11.9. The van der Waals surface area contributed by atoms with E-state index in [0.29, 0.717) is 31.1 Å². The van der Waals surface area contributed by atoms with Gasteiger partial charge in [0.25, 0.3) is 0 Å². The molecule has 8 rings (SSSR count). The van der Waals surface area contributed by atoms with E-state index in [4.69, 9.17) is 9.47 Å². The van der Waals surface area contributed by atoms with Gasteiger partial charge < -0.3 is 19.7 Å². The van der Waals surface area contributed by atoms with Crippen molar-refractivity contribution < 1.29 is 19.7 Å². The summed E-state index contributed by atoms with van der Waals surface area (Å²) in [5, 5.41) is 28.6. The summed E-state index contributed by atoms with van der Waals surface area (Å²) in [5.74, 6) is 1.83. The Hall–Kier alpha value is -6.78. The summed E-state index contributed by atoms with van der Waals surface area (Å²) in [4.78, 5) is 0. The standard InChI is InChI=1S/C57H54O4/c1-6-15-40-28-32-53(51(34-40)47-22-14-24-49(57(47)59)55-38(5)26-30-43-18-10-12-20-45(43)55)61-36-41(16-7-2)35-60-52-31-27-39(8-3)33-50(52)46-21-13-23-48(56(46)58)54-37(4)25-29-42-17-9-11-19-44(42)54/h7,9-14,17-34,41,58-59H,2,6,8,15-16,35-36H2,1,3-5H3. The van der Waals surface area contributed by atoms with E-state index in [0.717, 1.165) is 102 Å². The summed E-state index contributed by atoms with van der Waals surface area (Å²) >= 11 is 0. The van der Waals surface area contributed by atoms with Crippen LogP contribution in [-0.4, -0.2) is 23.4 Å². The van der Waals surface area contributed by atoms with E-state index < -0.39 is 0 Å². The largest absolute Gasteiger partial charge is 0.507 e. The molecule has 0 fully saturated rings. The van der Waals surface area contributed by atoms with Gasteiger partial charge in [0.15, 0.2) is 0 Å². The minimum absolute atomic E-state index is 0.0316. The van der Waals surface area contributed by atoms with Gasteiger partial charge in [-0.05, 0) is 112 Å². The minimum atomic E-state index is -0.0316. The lowest BCUT2D eigenvalue weighted by Crippen LogP contribution is -2.20. The Bertz CT molecular complexity index is 2870. The molecule has 0 aromatic heterocycles. The fourth-order valence-electron chi connectivity index (χ4n) is 8.73. The molecule has 0 aliphatic rings. The molecule has 8 aromatic carbocycles. The quantitative estimate of drug-likeness (QED) is 0.101. The first-order valence-electron chi connectivity index (χ1n) is 21.5. The first-order chi connectivity index (χ1) is 29.8. The molecule has 4 nitrogen and oxygen atoms in total. The number of phenolic OH excluding ortho intramolecular Hbond substituents is 2. The molecule has 0 radical (unpaired) electrons. The molecule has 61 heavy (non-hydrogen) atoms. The Kier molecular flexibility index (Phi) is 12.2. The van der Waals surface area contributed by atoms with E-state index in [-0.39, 0.29) is 17.4 Å². The van der Waals surface area contributed by atoms with Crippen molar-refractivity contribution in [3.8, 4) is 67.5 Å². The van der Waals surface area contributed by atoms with E-state index in [1.165, 1.54) is 5.56 Å². The van der Waals surface area contributed by atoms with Crippen LogP contribution >= 0.6 is 0 Å². The van der Waals surface area contributed by atoms with Gasteiger partial charge >= 0.3 is 0 Å². The molecule has 1 atom stereocenters. The number of fused-ring (bicyclic) bond motifs is 2. The summed E-state index contributed by atoms with van der Waals surface area (Å²) in [6.45, 7) is 13.3. The molecule has 0 amide bonds. The van der Waals surface area contributed by atoms with Crippen molar-refractivity contribution in [2.24, 2.45) is 5.92 Å². The lowest BCUT2D eigenvalue weighted by atomic mass is 9.90. The zero-order chi connectivity index (χ0) is 42.5. The van der Waals surface area contributed by atoms with Crippen molar-refractivity contribution in [1.82, 2.24) is 0 Å². The fraction of sp³-hybridized carbons (Fsp3) is 0.193. The van der Waals surface area contributed by atoms with Gasteiger partial charge in [0.2, 0.25) is 0 Å². The van der Waals surface area contributed by atoms with Gasteiger partial charge in [-0.1, -0.05) is 148 Å². The second kappa shape index (κ2) is 18.2. The number of hydrogen-bond acceptors (Lipinski definition) is 4. The molecule has 2 N–H and O–H groups in total. The highest BCUT2D eigenvalue weighted by Crippen LogP contribution is 2.46. The highest BCUT2D eigenvalue weighted by Gasteiger charge is 2.22. The van der Waals surface area contributed by atoms with Crippen molar-refractivity contribution >= 4 is 21.5 Å². The summed E-state index contributed by atoms with van der Waals surface area (Å²) < 4.78 is 13.4. The maximum Gasteiger partial charge on any atom is 0.131 e. The van der Waals surface area contributed by atoms with Gasteiger partial charge in [0.05, 0.1) is 13.2 Å². The van der Waals surface area contributed by atoms with Crippen LogP contribution in [0.25, 0.3) is 66.1 Å². The highest BCUT2D eigenvalue weighted by molar-refractivity contribution is 6.02. The van der Waals surface area contributed by atoms with Crippen molar-refractivity contribution in [2.45, 2.75) is 53.4 Å². The van der Waals surface area contributed by atoms with Crippen molar-refractivity contribution in [3.05, 3.63) is 181 Å². The van der Waals surface area contributed by atoms with Gasteiger partial charge in [-0.25, -0.2) is 0 Å². The minimum Gasteiger partial charge on any atom is -0.507 e. The van der Waals surface area contributed by atoms with Gasteiger partial charge in [-0.3, -0.25) is 0 Å². The zero-order valence-electron chi connectivity index (χ0n) is 35.7. The number of para-hydroxylation sites is 2. The van der Waals surface area contributed by atoms with Crippen LogP contribution in [0.4, 0.5) is 0 Å². The number of rotatable bonds is 15. The Balaban J connectivity index is 1.09. The van der Waals surface area contributed by atoms with Crippen molar-refractivity contribution in [3.63, 3.8) is 0 Å². The molecule has 1 unspecified atom stereocenters. The monoisotopic (exact) mass is 802 g/mol. The van der Waals surface area contributed by atoms with E-state index in [2.05, 4.69) is 107 Å². The fourth-order valence-corrected chi connectivity index (χ4v) is 8.73. The van der Waals surface area contributed by atoms with E-state index in [9.17, 15) is 10.2 Å². The number of aromatic hydroxyl groups is 2. The number of allylic oxidation sites excluding steroid dienone is 1. The molecule has 0 saturated heterocycles. The van der Waals surface area contributed by atoms with Gasteiger partial charge in [-0.15, -0.1) is 6.58 Å². The number of aryl methyl sites for hydroxylation is 4. The molecule has 0 bridgehead atoms. The Labute approximate surface area is 360 Å². The third kappa shape index (κ3) is 8.36. The maximum absolute atomic E-state index is 12.1. The summed E-state index contributed by atoms with van der Waals surface area (Å²) in [6, 6.07) is 49.7. The SMILES string of the molecule is C=CCC(COc1ccc(CC)cc1-c1cccc(-c2c(C)ccc3ccccc23)c1O)COc1ccc(CCC)cc1-c1cccc(-c2c(C)ccc3ccccc23)c1O. The third-order valence-corrected chi connectivity index (χ3v) is 11.9. The molecule has 0 heterocycles. The molecule has 0 spiro atoms. The Morgan fingerprint density at radius 3 is 1.49 bits per heavy atom. The molecule has 306 valence electrons. The molecule has 0 saturated carbocycles. The zero-order valence-corrected chi connectivity index (χ0v) is 35.7. The van der Waals surface area contributed by atoms with Gasteiger partial charge in [-0.2, -0.15) is 0 Å². The molecular weight excluding hydrogens is 749 g/mol. The van der Waals surface area contributed by atoms with Crippen molar-refractivity contribution in [2.75, 3.05) is 13.2 Å². The van der Waals surface area contributed by atoms with Crippen LogP contribution in [0.5, 0.6) is 23.0 Å². The van der Waals surface area contributed by atoms with Crippen LogP contribution < -0.4 is 9.47 Å². The van der Waals surface area contributed by atoms with Gasteiger partial charge in [0.1, 0.15) is 23.0 Å². The maximum atomic E-state index is 12.1. The molecular formula is C57H54O4. The number of benzene rings is 8. The average molecular weight is 803 g/mol. The van der Waals surface area contributed by atoms with Crippen LogP contribution in [0.2, 0.25) is 0 Å². The van der Waals surface area contributed by atoms with Crippen LogP contribution in [0.1, 0.15) is 48.9 Å². The summed E-state index contributed by atoms with van der Waals surface area (Å²) in [7, 11) is 0. The van der Waals surface area contributed by atoms with Crippen LogP contribution in [0, 0.1) is 19.8 Å². The Morgan fingerprint density at radius 1 is 0.525 bits per heavy atom. The molecule has 4 heteroatoms. The summed E-state index contributed by atoms with van der Waals surface area (Å²) in [5.41, 5.74) is 11.4. The second-order valence-electron chi connectivity index (χ2n) is 16.1. The second-order valence-corrected chi connectivity index (χ2v) is 16.1. The average Bonchev–Trinajstić information content (AvgIpc) is 3.28. The van der Waals surface area contributed by atoms with Crippen LogP contribution in [0.15, 0.2) is 158 Å². The van der Waals surface area contributed by atoms with Gasteiger partial charge in [0, 0.05) is 39.3 Å². The number of hydrogen-bond donors (Lipinski definition) is 2. The lowest BCUT2D eigenvalue weighted by molar-refractivity contribution is 0.179. The topological polar surface area (TPSA) is 58.9 Å². The van der Waals surface area contributed by atoms with E-state index >= 15 is 0 Å². The highest BCUT2D eigenvalue weighted by atomic mass is 16.5. The van der Waals surface area contributed by atoms with Crippen LogP contribution in [0.3, 0.4) is 0 Å². The van der Waals surface area contributed by atoms with E-state index in [1.807, 2.05) is 78.9 Å². The first-order valence-corrected chi connectivity index (χ1v) is 21.5. The predicted octanol–water partition coefficient (Wildman–Crippen LogP) is 14.9. The lowest BCUT2D eigenvalue weighted by Gasteiger charge is -2.22. The Morgan fingerprint density at radius 2 is 1.00 bits per heavy atom. The predicted molar refractivity (Wildman–Crippen MR) is 255 cm³/mol. The smallest absolute Gasteiger partial charge is 0.131 e. The summed E-state index contributed by atoms with van der Waals surface area (Å²) in [6.07, 6.45) is 5.36. The molecule has 0 aliphatic heterocycles. The normalized spacial score (nSPS) is 11.8. The number of phenols is 2.